The van der Waals surface area contributed by atoms with Gasteiger partial charge in [0.15, 0.2) is 0 Å². The molecule has 0 spiro atoms. The Balaban J connectivity index is 1.74. The van der Waals surface area contributed by atoms with Gasteiger partial charge in [-0.1, -0.05) is 6.07 Å². The average molecular weight is 320 g/mol. The number of amides is 3. The quantitative estimate of drug-likeness (QED) is 0.905. The van der Waals surface area contributed by atoms with Crippen LogP contribution in [-0.4, -0.2) is 58.8 Å². The molecule has 0 bridgehead atoms. The van der Waals surface area contributed by atoms with Gasteiger partial charge in [-0.15, -0.1) is 0 Å². The lowest BCUT2D eigenvalue weighted by atomic mass is 9.91. The smallest absolute Gasteiger partial charge is 0.311 e. The summed E-state index contributed by atoms with van der Waals surface area (Å²) in [7, 11) is 3.31. The summed E-state index contributed by atoms with van der Waals surface area (Å²) >= 11 is 1.76. The number of imide groups is 1. The Morgan fingerprint density at radius 1 is 1.36 bits per heavy atom. The highest BCUT2D eigenvalue weighted by Crippen LogP contribution is 2.35. The number of fused-ring (bicyclic) bond motifs is 1. The van der Waals surface area contributed by atoms with E-state index in [4.69, 9.17) is 0 Å². The Labute approximate surface area is 134 Å². The topological polar surface area (TPSA) is 65.5 Å². The van der Waals surface area contributed by atoms with E-state index in [-0.39, 0.29) is 29.3 Å². The second-order valence-electron chi connectivity index (χ2n) is 5.67. The zero-order chi connectivity index (χ0) is 15.7. The molecule has 1 N–H and O–H groups in total. The molecular formula is C15H20N4O2S. The van der Waals surface area contributed by atoms with E-state index in [9.17, 15) is 9.59 Å². The van der Waals surface area contributed by atoms with Gasteiger partial charge in [0.2, 0.25) is 5.91 Å². The highest BCUT2D eigenvalue weighted by molar-refractivity contribution is 7.99. The average Bonchev–Trinajstić information content (AvgIpc) is 2.56. The number of pyridine rings is 1. The second-order valence-corrected chi connectivity index (χ2v) is 6.90. The van der Waals surface area contributed by atoms with Crippen LogP contribution in [0.5, 0.6) is 0 Å². The van der Waals surface area contributed by atoms with Crippen LogP contribution in [0.15, 0.2) is 24.4 Å². The Morgan fingerprint density at radius 3 is 2.91 bits per heavy atom. The number of aromatic nitrogens is 1. The zero-order valence-corrected chi connectivity index (χ0v) is 13.5. The van der Waals surface area contributed by atoms with E-state index >= 15 is 0 Å². The van der Waals surface area contributed by atoms with E-state index in [2.05, 4.69) is 10.3 Å². The molecule has 3 heterocycles. The van der Waals surface area contributed by atoms with Crippen molar-refractivity contribution in [1.82, 2.24) is 20.1 Å². The van der Waals surface area contributed by atoms with E-state index in [0.29, 0.717) is 0 Å². The maximum absolute atomic E-state index is 12.5. The third kappa shape index (κ3) is 2.70. The van der Waals surface area contributed by atoms with Gasteiger partial charge in [0.25, 0.3) is 0 Å². The summed E-state index contributed by atoms with van der Waals surface area (Å²) < 4.78 is 0. The van der Waals surface area contributed by atoms with Gasteiger partial charge in [-0.25, -0.2) is 4.79 Å². The lowest BCUT2D eigenvalue weighted by Crippen LogP contribution is -2.68. The van der Waals surface area contributed by atoms with Crippen LogP contribution in [0.25, 0.3) is 0 Å². The van der Waals surface area contributed by atoms with Gasteiger partial charge in [0.1, 0.15) is 0 Å². The minimum atomic E-state index is -0.242. The van der Waals surface area contributed by atoms with E-state index in [0.717, 1.165) is 24.4 Å². The molecule has 0 aliphatic carbocycles. The molecule has 3 atom stereocenters. The molecule has 3 unspecified atom stereocenters. The molecule has 6 nitrogen and oxygen atoms in total. The molecule has 2 aliphatic heterocycles. The van der Waals surface area contributed by atoms with Crippen molar-refractivity contribution in [2.45, 2.75) is 23.6 Å². The molecule has 0 radical (unpaired) electrons. The molecule has 3 rings (SSSR count). The van der Waals surface area contributed by atoms with Crippen molar-refractivity contribution in [2.75, 3.05) is 20.6 Å². The number of hydrogen-bond donors (Lipinski definition) is 1. The molecule has 2 aliphatic rings. The lowest BCUT2D eigenvalue weighted by molar-refractivity contribution is -0.138. The van der Waals surface area contributed by atoms with Gasteiger partial charge in [-0.2, -0.15) is 11.8 Å². The number of carbonyl (C=O) groups is 2. The van der Waals surface area contributed by atoms with Gasteiger partial charge in [-0.3, -0.25) is 20.0 Å². The summed E-state index contributed by atoms with van der Waals surface area (Å²) in [5, 5.41) is 3.50. The standard InChI is InChI=1S/C15H20N4O2S/c1-18-13-12(14(20)19(2)15(18)21)11(6-8-17-13)22-9-10-5-3-4-7-16-10/h3-5,7,11-13,17H,6,8-9H2,1-2H3. The lowest BCUT2D eigenvalue weighted by Gasteiger charge is -2.47. The second kappa shape index (κ2) is 6.26. The number of urea groups is 1. The van der Waals surface area contributed by atoms with Gasteiger partial charge in [0, 0.05) is 31.3 Å². The molecule has 1 aromatic heterocycles. The fourth-order valence-corrected chi connectivity index (χ4v) is 4.40. The maximum atomic E-state index is 12.5. The number of hydrogen-bond acceptors (Lipinski definition) is 5. The number of piperidine rings is 1. The molecule has 0 saturated carbocycles. The first-order valence-corrected chi connectivity index (χ1v) is 8.43. The van der Waals surface area contributed by atoms with Crippen LogP contribution < -0.4 is 5.32 Å². The first-order chi connectivity index (χ1) is 10.6. The third-order valence-corrected chi connectivity index (χ3v) is 5.74. The van der Waals surface area contributed by atoms with Gasteiger partial charge < -0.3 is 4.90 Å². The highest BCUT2D eigenvalue weighted by Gasteiger charge is 2.48. The Kier molecular flexibility index (Phi) is 4.35. The van der Waals surface area contributed by atoms with Crippen LogP contribution in [0.2, 0.25) is 0 Å². The first-order valence-electron chi connectivity index (χ1n) is 7.39. The third-order valence-electron chi connectivity index (χ3n) is 4.32. The first kappa shape index (κ1) is 15.3. The summed E-state index contributed by atoms with van der Waals surface area (Å²) in [5.74, 6) is 0.498. The number of thioether (sulfide) groups is 1. The van der Waals surface area contributed by atoms with Gasteiger partial charge in [-0.05, 0) is 25.1 Å². The van der Waals surface area contributed by atoms with E-state index in [1.54, 1.807) is 37.0 Å². The number of nitrogens with zero attached hydrogens (tertiary/aromatic N) is 3. The summed E-state index contributed by atoms with van der Waals surface area (Å²) in [6, 6.07) is 5.62. The summed E-state index contributed by atoms with van der Waals surface area (Å²) in [4.78, 5) is 31.8. The fourth-order valence-electron chi connectivity index (χ4n) is 3.09. The predicted molar refractivity (Wildman–Crippen MR) is 85.1 cm³/mol. The minimum absolute atomic E-state index is 0.0844. The summed E-state index contributed by atoms with van der Waals surface area (Å²) in [6.07, 6.45) is 2.50. The molecule has 118 valence electrons. The van der Waals surface area contributed by atoms with Crippen molar-refractivity contribution in [3.63, 3.8) is 0 Å². The fraction of sp³-hybridized carbons (Fsp3) is 0.533. The SMILES string of the molecule is CN1C(=O)C2C(SCc3ccccn3)CCNC2N(C)C1=O. The molecule has 22 heavy (non-hydrogen) atoms. The molecule has 7 heteroatoms. The van der Waals surface area contributed by atoms with Crippen molar-refractivity contribution in [1.29, 1.82) is 0 Å². The number of nitrogens with one attached hydrogen (secondary N) is 1. The summed E-state index contributed by atoms with van der Waals surface area (Å²) in [6.45, 7) is 0.815. The van der Waals surface area contributed by atoms with Crippen LogP contribution in [0.4, 0.5) is 4.79 Å². The summed E-state index contributed by atoms with van der Waals surface area (Å²) in [5.41, 5.74) is 1.02. The van der Waals surface area contributed by atoms with Crippen LogP contribution in [-0.2, 0) is 10.5 Å². The normalized spacial score (nSPS) is 28.7. The van der Waals surface area contributed by atoms with Crippen LogP contribution in [0.3, 0.4) is 0 Å². The van der Waals surface area contributed by atoms with E-state index in [1.807, 2.05) is 18.2 Å². The van der Waals surface area contributed by atoms with Crippen molar-refractivity contribution in [3.05, 3.63) is 30.1 Å². The van der Waals surface area contributed by atoms with Crippen LogP contribution in [0, 0.1) is 5.92 Å². The molecule has 0 aromatic carbocycles. The number of carbonyl (C=O) groups excluding carboxylic acids is 2. The van der Waals surface area contributed by atoms with Crippen molar-refractivity contribution < 1.29 is 9.59 Å². The number of rotatable bonds is 3. The molecule has 2 fully saturated rings. The minimum Gasteiger partial charge on any atom is -0.311 e. The maximum Gasteiger partial charge on any atom is 0.327 e. The highest BCUT2D eigenvalue weighted by atomic mass is 32.2. The molecular weight excluding hydrogens is 300 g/mol. The molecule has 3 amide bonds. The largest absolute Gasteiger partial charge is 0.327 e. The van der Waals surface area contributed by atoms with Crippen LogP contribution >= 0.6 is 11.8 Å². The van der Waals surface area contributed by atoms with Crippen molar-refractivity contribution in [2.24, 2.45) is 5.92 Å². The Hall–Kier alpha value is -1.60. The van der Waals surface area contributed by atoms with Gasteiger partial charge in [0.05, 0.1) is 17.8 Å². The Bertz CT molecular complexity index is 568. The van der Waals surface area contributed by atoms with Crippen molar-refractivity contribution >= 4 is 23.7 Å². The van der Waals surface area contributed by atoms with Crippen LogP contribution in [0.1, 0.15) is 12.1 Å². The van der Waals surface area contributed by atoms with Gasteiger partial charge >= 0.3 is 6.03 Å². The Morgan fingerprint density at radius 2 is 2.18 bits per heavy atom. The monoisotopic (exact) mass is 320 g/mol. The van der Waals surface area contributed by atoms with E-state index < -0.39 is 0 Å². The molecule has 1 aromatic rings. The zero-order valence-electron chi connectivity index (χ0n) is 12.7. The van der Waals surface area contributed by atoms with Crippen molar-refractivity contribution in [3.8, 4) is 0 Å². The molecule has 2 saturated heterocycles. The predicted octanol–water partition coefficient (Wildman–Crippen LogP) is 1.14. The van der Waals surface area contributed by atoms with E-state index in [1.165, 1.54) is 4.90 Å².